The molecule has 0 atom stereocenters. The van der Waals surface area contributed by atoms with Gasteiger partial charge in [0.2, 0.25) is 0 Å². The lowest BCUT2D eigenvalue weighted by Gasteiger charge is -2.05. The van der Waals surface area contributed by atoms with Gasteiger partial charge >= 0.3 is 5.97 Å². The first-order chi connectivity index (χ1) is 8.65. The molecule has 92 valence electrons. The number of rotatable bonds is 3. The third kappa shape index (κ3) is 3.71. The van der Waals surface area contributed by atoms with E-state index in [9.17, 15) is 4.79 Å². The van der Waals surface area contributed by atoms with Crippen LogP contribution in [0.5, 0.6) is 0 Å². The summed E-state index contributed by atoms with van der Waals surface area (Å²) in [5.41, 5.74) is 1.48. The number of carbonyl (C=O) groups is 1. The largest absolute Gasteiger partial charge is 0.457 e. The fourth-order valence-electron chi connectivity index (χ4n) is 1.43. The third-order valence-corrected chi connectivity index (χ3v) is 3.27. The Labute approximate surface area is 124 Å². The van der Waals surface area contributed by atoms with Gasteiger partial charge in [0.05, 0.1) is 5.56 Å². The Hall–Kier alpha value is -1.07. The molecule has 2 aromatic carbocycles. The molecular weight excluding hydrogens is 363 g/mol. The zero-order chi connectivity index (χ0) is 13.0. The van der Waals surface area contributed by atoms with Crippen LogP contribution in [0.25, 0.3) is 0 Å². The summed E-state index contributed by atoms with van der Waals surface area (Å²) in [6.45, 7) is 0.251. The lowest BCUT2D eigenvalue weighted by molar-refractivity contribution is 0.0472. The minimum atomic E-state index is -0.316. The van der Waals surface area contributed by atoms with Crippen molar-refractivity contribution in [2.75, 3.05) is 0 Å². The molecule has 0 saturated carbocycles. The summed E-state index contributed by atoms with van der Waals surface area (Å²) in [6.07, 6.45) is 0. The van der Waals surface area contributed by atoms with Crippen LogP contribution in [-0.2, 0) is 11.3 Å². The fourth-order valence-corrected chi connectivity index (χ4v) is 2.10. The quantitative estimate of drug-likeness (QED) is 0.593. The van der Waals surface area contributed by atoms with E-state index < -0.39 is 0 Å². The van der Waals surface area contributed by atoms with Crippen molar-refractivity contribution < 1.29 is 9.53 Å². The molecule has 0 spiro atoms. The Bertz CT molecular complexity index is 552. The van der Waals surface area contributed by atoms with Crippen LogP contribution in [0.15, 0.2) is 48.5 Å². The van der Waals surface area contributed by atoms with E-state index >= 15 is 0 Å². The molecule has 0 aliphatic carbocycles. The van der Waals surface area contributed by atoms with Crippen LogP contribution in [0, 0.1) is 3.57 Å². The number of hydrogen-bond donors (Lipinski definition) is 0. The standard InChI is InChI=1S/C14H10ClIO2/c15-12-6-4-10(5-7-12)9-18-14(17)11-2-1-3-13(16)8-11/h1-8H,9H2. The number of ether oxygens (including phenoxy) is 1. The lowest BCUT2D eigenvalue weighted by atomic mass is 10.2. The van der Waals surface area contributed by atoms with Crippen LogP contribution in [-0.4, -0.2) is 5.97 Å². The maximum atomic E-state index is 11.8. The Kier molecular flexibility index (Phi) is 4.60. The van der Waals surface area contributed by atoms with Gasteiger partial charge < -0.3 is 4.74 Å². The Balaban J connectivity index is 1.98. The van der Waals surface area contributed by atoms with Crippen molar-refractivity contribution in [2.45, 2.75) is 6.61 Å². The average molecular weight is 373 g/mol. The molecule has 0 bridgehead atoms. The highest BCUT2D eigenvalue weighted by Crippen LogP contribution is 2.12. The summed E-state index contributed by atoms with van der Waals surface area (Å²) in [5, 5.41) is 0.669. The molecule has 4 heteroatoms. The van der Waals surface area contributed by atoms with E-state index in [4.69, 9.17) is 16.3 Å². The highest BCUT2D eigenvalue weighted by molar-refractivity contribution is 14.1. The molecule has 0 radical (unpaired) electrons. The van der Waals surface area contributed by atoms with Crippen molar-refractivity contribution >= 4 is 40.2 Å². The van der Waals surface area contributed by atoms with E-state index in [0.29, 0.717) is 10.6 Å². The summed E-state index contributed by atoms with van der Waals surface area (Å²) in [4.78, 5) is 11.8. The van der Waals surface area contributed by atoms with Gasteiger partial charge in [0.15, 0.2) is 0 Å². The van der Waals surface area contributed by atoms with Crippen molar-refractivity contribution in [3.63, 3.8) is 0 Å². The molecule has 2 aromatic rings. The van der Waals surface area contributed by atoms with Gasteiger partial charge in [-0.2, -0.15) is 0 Å². The van der Waals surface area contributed by atoms with Crippen molar-refractivity contribution in [1.82, 2.24) is 0 Å². The molecule has 18 heavy (non-hydrogen) atoms. The number of halogens is 2. The molecule has 0 heterocycles. The molecule has 2 rings (SSSR count). The maximum Gasteiger partial charge on any atom is 0.338 e. The highest BCUT2D eigenvalue weighted by Gasteiger charge is 2.07. The molecule has 2 nitrogen and oxygen atoms in total. The van der Waals surface area contributed by atoms with Gasteiger partial charge in [0, 0.05) is 8.59 Å². The van der Waals surface area contributed by atoms with E-state index in [1.54, 1.807) is 24.3 Å². The number of esters is 1. The van der Waals surface area contributed by atoms with Gasteiger partial charge in [-0.1, -0.05) is 29.8 Å². The van der Waals surface area contributed by atoms with E-state index in [1.165, 1.54) is 0 Å². The molecule has 0 aromatic heterocycles. The van der Waals surface area contributed by atoms with Gasteiger partial charge in [-0.3, -0.25) is 0 Å². The minimum Gasteiger partial charge on any atom is -0.457 e. The van der Waals surface area contributed by atoms with Gasteiger partial charge in [-0.15, -0.1) is 0 Å². The average Bonchev–Trinajstić information content (AvgIpc) is 2.38. The minimum absolute atomic E-state index is 0.251. The zero-order valence-electron chi connectivity index (χ0n) is 9.40. The summed E-state index contributed by atoms with van der Waals surface area (Å²) < 4.78 is 6.23. The predicted octanol–water partition coefficient (Wildman–Crippen LogP) is 4.30. The van der Waals surface area contributed by atoms with Gasteiger partial charge in [0.25, 0.3) is 0 Å². The van der Waals surface area contributed by atoms with Gasteiger partial charge in [-0.25, -0.2) is 4.79 Å². The Morgan fingerprint density at radius 1 is 1.17 bits per heavy atom. The Morgan fingerprint density at radius 2 is 1.89 bits per heavy atom. The van der Waals surface area contributed by atoms with Crippen LogP contribution in [0.3, 0.4) is 0 Å². The number of benzene rings is 2. The Morgan fingerprint density at radius 3 is 2.56 bits per heavy atom. The van der Waals surface area contributed by atoms with E-state index in [-0.39, 0.29) is 12.6 Å². The maximum absolute atomic E-state index is 11.8. The first-order valence-electron chi connectivity index (χ1n) is 5.32. The number of carbonyl (C=O) groups excluding carboxylic acids is 1. The van der Waals surface area contributed by atoms with E-state index in [1.807, 2.05) is 24.3 Å². The summed E-state index contributed by atoms with van der Waals surface area (Å²) in [7, 11) is 0. The van der Waals surface area contributed by atoms with Crippen LogP contribution in [0.1, 0.15) is 15.9 Å². The topological polar surface area (TPSA) is 26.3 Å². The molecule has 0 N–H and O–H groups in total. The molecule has 0 fully saturated rings. The van der Waals surface area contributed by atoms with Crippen LogP contribution < -0.4 is 0 Å². The summed E-state index contributed by atoms with van der Waals surface area (Å²) in [5.74, 6) is -0.316. The zero-order valence-corrected chi connectivity index (χ0v) is 12.3. The first-order valence-corrected chi connectivity index (χ1v) is 6.78. The molecule has 0 aliphatic rings. The van der Waals surface area contributed by atoms with E-state index in [0.717, 1.165) is 9.13 Å². The molecule has 0 saturated heterocycles. The first kappa shape index (κ1) is 13.4. The third-order valence-electron chi connectivity index (χ3n) is 2.34. The summed E-state index contributed by atoms with van der Waals surface area (Å²) in [6, 6.07) is 14.5. The second kappa shape index (κ2) is 6.20. The smallest absolute Gasteiger partial charge is 0.338 e. The van der Waals surface area contributed by atoms with Crippen molar-refractivity contribution in [2.24, 2.45) is 0 Å². The summed E-state index contributed by atoms with van der Waals surface area (Å²) >= 11 is 7.94. The number of hydrogen-bond acceptors (Lipinski definition) is 2. The molecule has 0 aliphatic heterocycles. The van der Waals surface area contributed by atoms with Crippen molar-refractivity contribution in [1.29, 1.82) is 0 Å². The fraction of sp³-hybridized carbons (Fsp3) is 0.0714. The molecule has 0 unspecified atom stereocenters. The van der Waals surface area contributed by atoms with Crippen molar-refractivity contribution in [3.8, 4) is 0 Å². The molecular formula is C14H10ClIO2. The predicted molar refractivity (Wildman–Crippen MR) is 79.7 cm³/mol. The van der Waals surface area contributed by atoms with Gasteiger partial charge in [0.1, 0.15) is 6.61 Å². The van der Waals surface area contributed by atoms with Crippen LogP contribution >= 0.6 is 34.2 Å². The SMILES string of the molecule is O=C(OCc1ccc(Cl)cc1)c1cccc(I)c1. The van der Waals surface area contributed by atoms with Crippen molar-refractivity contribution in [3.05, 3.63) is 68.3 Å². The molecule has 0 amide bonds. The van der Waals surface area contributed by atoms with Crippen LogP contribution in [0.2, 0.25) is 5.02 Å². The van der Waals surface area contributed by atoms with E-state index in [2.05, 4.69) is 22.6 Å². The van der Waals surface area contributed by atoms with Crippen LogP contribution in [0.4, 0.5) is 0 Å². The second-order valence-electron chi connectivity index (χ2n) is 3.71. The normalized spacial score (nSPS) is 10.1. The monoisotopic (exact) mass is 372 g/mol. The van der Waals surface area contributed by atoms with Gasteiger partial charge in [-0.05, 0) is 58.5 Å². The highest BCUT2D eigenvalue weighted by atomic mass is 127. The lowest BCUT2D eigenvalue weighted by Crippen LogP contribution is -2.05. The second-order valence-corrected chi connectivity index (χ2v) is 5.40.